The van der Waals surface area contributed by atoms with E-state index in [1.165, 1.54) is 23.5 Å². The van der Waals surface area contributed by atoms with Gasteiger partial charge in [0.2, 0.25) is 5.91 Å². The number of aromatic nitrogens is 1. The van der Waals surface area contributed by atoms with Crippen molar-refractivity contribution in [2.75, 3.05) is 25.7 Å². The van der Waals surface area contributed by atoms with Crippen molar-refractivity contribution in [2.24, 2.45) is 0 Å². The number of hydrogen-bond acceptors (Lipinski definition) is 5. The van der Waals surface area contributed by atoms with Gasteiger partial charge in [-0.1, -0.05) is 0 Å². The molecule has 146 valence electrons. The topological polar surface area (TPSA) is 51.7 Å². The van der Waals surface area contributed by atoms with E-state index in [4.69, 9.17) is 9.47 Å². The van der Waals surface area contributed by atoms with E-state index in [9.17, 15) is 9.18 Å². The molecule has 0 N–H and O–H groups in total. The molecule has 28 heavy (non-hydrogen) atoms. The molecular formula is C21H21FN2O3S. The van der Waals surface area contributed by atoms with Gasteiger partial charge in [0.1, 0.15) is 10.8 Å². The number of amides is 1. The lowest BCUT2D eigenvalue weighted by Crippen LogP contribution is -2.32. The highest BCUT2D eigenvalue weighted by Gasteiger charge is 2.17. The van der Waals surface area contributed by atoms with Crippen LogP contribution in [0, 0.1) is 5.82 Å². The number of halogens is 1. The fourth-order valence-electron chi connectivity index (χ4n) is 2.86. The van der Waals surface area contributed by atoms with Crippen LogP contribution < -0.4 is 14.4 Å². The van der Waals surface area contributed by atoms with Crippen LogP contribution in [-0.4, -0.2) is 31.7 Å². The minimum absolute atomic E-state index is 0.0849. The lowest BCUT2D eigenvalue weighted by Gasteiger charge is -2.20. The summed E-state index contributed by atoms with van der Waals surface area (Å²) in [6.07, 6.45) is 0.176. The quantitative estimate of drug-likeness (QED) is 0.583. The molecule has 0 aliphatic carbocycles. The van der Waals surface area contributed by atoms with Crippen molar-refractivity contribution in [1.82, 2.24) is 4.98 Å². The monoisotopic (exact) mass is 400 g/mol. The highest BCUT2D eigenvalue weighted by molar-refractivity contribution is 7.13. The van der Waals surface area contributed by atoms with E-state index < -0.39 is 0 Å². The van der Waals surface area contributed by atoms with Crippen LogP contribution >= 0.6 is 11.3 Å². The molecule has 0 spiro atoms. The first-order chi connectivity index (χ1) is 13.5. The molecule has 0 unspecified atom stereocenters. The number of nitrogens with zero attached hydrogens (tertiary/aromatic N) is 2. The summed E-state index contributed by atoms with van der Waals surface area (Å²) < 4.78 is 23.7. The van der Waals surface area contributed by atoms with Gasteiger partial charge >= 0.3 is 0 Å². The molecule has 7 heteroatoms. The number of likely N-dealkylation sites (N-methyl/N-ethyl adjacent to an activating group) is 1. The molecule has 0 bridgehead atoms. The number of carbonyl (C=O) groups excluding carboxylic acids is 1. The first kappa shape index (κ1) is 19.8. The van der Waals surface area contributed by atoms with E-state index >= 15 is 0 Å². The number of benzene rings is 2. The number of hydrogen-bond donors (Lipinski definition) is 0. The van der Waals surface area contributed by atoms with Crippen LogP contribution in [0.25, 0.3) is 10.6 Å². The summed E-state index contributed by atoms with van der Waals surface area (Å²) in [6.45, 7) is 2.38. The molecular weight excluding hydrogens is 379 g/mol. The zero-order chi connectivity index (χ0) is 20.1. The number of anilines is 1. The Kier molecular flexibility index (Phi) is 6.26. The smallest absolute Gasteiger partial charge is 0.233 e. The van der Waals surface area contributed by atoms with E-state index in [0.29, 0.717) is 29.4 Å². The Labute approximate surface area is 167 Å². The molecule has 0 atom stereocenters. The second-order valence-electron chi connectivity index (χ2n) is 6.00. The molecule has 2 aromatic carbocycles. The van der Waals surface area contributed by atoms with E-state index in [1.807, 2.05) is 30.5 Å². The van der Waals surface area contributed by atoms with E-state index in [0.717, 1.165) is 10.6 Å². The first-order valence-corrected chi connectivity index (χ1v) is 9.66. The van der Waals surface area contributed by atoms with Gasteiger partial charge in [-0.2, -0.15) is 0 Å². The Bertz CT molecular complexity index is 957. The van der Waals surface area contributed by atoms with E-state index in [-0.39, 0.29) is 18.1 Å². The normalized spacial score (nSPS) is 10.6. The van der Waals surface area contributed by atoms with Crippen molar-refractivity contribution in [2.45, 2.75) is 13.3 Å². The second kappa shape index (κ2) is 8.84. The van der Waals surface area contributed by atoms with Crippen molar-refractivity contribution in [3.8, 4) is 22.1 Å². The second-order valence-corrected chi connectivity index (χ2v) is 6.86. The van der Waals surface area contributed by atoms with Crippen LogP contribution in [0.3, 0.4) is 0 Å². The Morgan fingerprint density at radius 1 is 1.11 bits per heavy atom. The van der Waals surface area contributed by atoms with Crippen molar-refractivity contribution in [3.05, 3.63) is 59.4 Å². The van der Waals surface area contributed by atoms with Gasteiger partial charge in [0.05, 0.1) is 26.3 Å². The number of thiazole rings is 1. The molecule has 5 nitrogen and oxygen atoms in total. The van der Waals surface area contributed by atoms with Crippen LogP contribution in [0.2, 0.25) is 0 Å². The Balaban J connectivity index is 1.76. The van der Waals surface area contributed by atoms with Gasteiger partial charge in [-0.05, 0) is 49.4 Å². The summed E-state index contributed by atoms with van der Waals surface area (Å²) in [5.74, 6) is 0.863. The van der Waals surface area contributed by atoms with Gasteiger partial charge in [0.15, 0.2) is 11.5 Å². The maximum Gasteiger partial charge on any atom is 0.233 e. The van der Waals surface area contributed by atoms with Gasteiger partial charge < -0.3 is 14.4 Å². The first-order valence-electron chi connectivity index (χ1n) is 8.78. The predicted octanol–water partition coefficient (Wildman–Crippen LogP) is 4.56. The van der Waals surface area contributed by atoms with Crippen LogP contribution in [0.4, 0.5) is 10.1 Å². The molecule has 1 amide bonds. The lowest BCUT2D eigenvalue weighted by atomic mass is 10.2. The van der Waals surface area contributed by atoms with Gasteiger partial charge in [-0.3, -0.25) is 4.79 Å². The van der Waals surface area contributed by atoms with Crippen LogP contribution in [0.15, 0.2) is 47.8 Å². The average Bonchev–Trinajstić information content (AvgIpc) is 3.17. The van der Waals surface area contributed by atoms with Gasteiger partial charge in [0.25, 0.3) is 0 Å². The molecule has 0 saturated carbocycles. The Morgan fingerprint density at radius 2 is 1.82 bits per heavy atom. The number of rotatable bonds is 7. The maximum atomic E-state index is 13.1. The van der Waals surface area contributed by atoms with Crippen molar-refractivity contribution >= 4 is 22.9 Å². The fraction of sp³-hybridized carbons (Fsp3) is 0.238. The largest absolute Gasteiger partial charge is 0.493 e. The fourth-order valence-corrected chi connectivity index (χ4v) is 3.68. The van der Waals surface area contributed by atoms with E-state index in [1.54, 1.807) is 31.3 Å². The van der Waals surface area contributed by atoms with Crippen LogP contribution in [0.5, 0.6) is 11.5 Å². The molecule has 3 rings (SSSR count). The summed E-state index contributed by atoms with van der Waals surface area (Å²) in [7, 11) is 3.17. The van der Waals surface area contributed by atoms with Crippen molar-refractivity contribution in [1.29, 1.82) is 0 Å². The van der Waals surface area contributed by atoms with Gasteiger partial charge in [0, 0.05) is 23.2 Å². The molecule has 1 aromatic heterocycles. The van der Waals surface area contributed by atoms with Crippen molar-refractivity contribution in [3.63, 3.8) is 0 Å². The van der Waals surface area contributed by atoms with Gasteiger partial charge in [-0.25, -0.2) is 9.37 Å². The third-order valence-electron chi connectivity index (χ3n) is 4.27. The van der Waals surface area contributed by atoms with Gasteiger partial charge in [-0.15, -0.1) is 11.3 Å². The Morgan fingerprint density at radius 3 is 2.46 bits per heavy atom. The molecule has 3 aromatic rings. The minimum atomic E-state index is -0.327. The summed E-state index contributed by atoms with van der Waals surface area (Å²) in [5, 5.41) is 2.68. The summed E-state index contributed by atoms with van der Waals surface area (Å²) in [6, 6.07) is 11.5. The minimum Gasteiger partial charge on any atom is -0.493 e. The predicted molar refractivity (Wildman–Crippen MR) is 109 cm³/mol. The zero-order valence-corrected chi connectivity index (χ0v) is 16.8. The van der Waals surface area contributed by atoms with E-state index in [2.05, 4.69) is 4.98 Å². The lowest BCUT2D eigenvalue weighted by molar-refractivity contribution is -0.118. The highest BCUT2D eigenvalue weighted by Crippen LogP contribution is 2.33. The summed E-state index contributed by atoms with van der Waals surface area (Å²) in [4.78, 5) is 18.9. The number of carbonyl (C=O) groups is 1. The third-order valence-corrected chi connectivity index (χ3v) is 5.21. The maximum absolute atomic E-state index is 13.1. The molecule has 0 saturated heterocycles. The number of methoxy groups -OCH3 is 2. The molecule has 1 heterocycles. The summed E-state index contributed by atoms with van der Waals surface area (Å²) in [5.41, 5.74) is 2.26. The molecule has 0 aliphatic heterocycles. The zero-order valence-electron chi connectivity index (χ0n) is 15.9. The average molecular weight is 400 g/mol. The Hall–Kier alpha value is -2.93. The third kappa shape index (κ3) is 4.31. The summed E-state index contributed by atoms with van der Waals surface area (Å²) >= 11 is 1.47. The van der Waals surface area contributed by atoms with Crippen molar-refractivity contribution < 1.29 is 18.7 Å². The number of ether oxygens (including phenoxy) is 2. The van der Waals surface area contributed by atoms with Crippen LogP contribution in [0.1, 0.15) is 12.6 Å². The van der Waals surface area contributed by atoms with Crippen LogP contribution in [-0.2, 0) is 11.2 Å². The SMILES string of the molecule is CCN(C(=O)Cc1csc(-c2ccc(OC)c(OC)c2)n1)c1ccc(F)cc1. The molecule has 0 aliphatic rings. The molecule has 0 fully saturated rings. The standard InChI is InChI=1S/C21H21FN2O3S/c1-4-24(17-8-6-15(22)7-9-17)20(25)12-16-13-28-21(23-16)14-5-10-18(26-2)19(11-14)27-3/h5-11,13H,4,12H2,1-3H3. The highest BCUT2D eigenvalue weighted by atomic mass is 32.1. The molecule has 0 radical (unpaired) electrons.